The molecule has 0 aliphatic rings. The Kier molecular flexibility index (Phi) is 3.79. The van der Waals surface area contributed by atoms with Gasteiger partial charge in [0.05, 0.1) is 16.4 Å². The van der Waals surface area contributed by atoms with Gasteiger partial charge in [-0.3, -0.25) is 14.9 Å². The Labute approximate surface area is 114 Å². The first-order valence-electron chi connectivity index (χ1n) is 5.99. The Hall–Kier alpha value is -2.70. The number of carbonyl (C=O) groups is 1. The van der Waals surface area contributed by atoms with Gasteiger partial charge in [-0.15, -0.1) is 0 Å². The van der Waals surface area contributed by atoms with Crippen molar-refractivity contribution in [2.24, 2.45) is 5.92 Å². The molecule has 1 heterocycles. The molecule has 1 unspecified atom stereocenters. The number of carboxylic acids is 1. The van der Waals surface area contributed by atoms with Crippen LogP contribution in [0.25, 0.3) is 10.9 Å². The smallest absolute Gasteiger partial charge is 0.308 e. The van der Waals surface area contributed by atoms with Crippen LogP contribution in [0.3, 0.4) is 0 Å². The van der Waals surface area contributed by atoms with Crippen molar-refractivity contribution in [3.63, 3.8) is 0 Å². The quantitative estimate of drug-likeness (QED) is 0.640. The number of carboxylic acid groups (broad SMARTS) is 1. The van der Waals surface area contributed by atoms with Gasteiger partial charge in [0.25, 0.3) is 5.69 Å². The second-order valence-electron chi connectivity index (χ2n) is 4.45. The number of non-ortho nitro benzene ring substituents is 1. The van der Waals surface area contributed by atoms with E-state index in [1.807, 2.05) is 0 Å². The number of aromatic nitrogens is 1. The fraction of sp³-hybridized carbons (Fsp3) is 0.231. The van der Waals surface area contributed by atoms with E-state index in [4.69, 9.17) is 5.11 Å². The Balaban J connectivity index is 2.19. The summed E-state index contributed by atoms with van der Waals surface area (Å²) in [7, 11) is 0. The number of hydrogen-bond acceptors (Lipinski definition) is 5. The van der Waals surface area contributed by atoms with Gasteiger partial charge in [-0.1, -0.05) is 6.92 Å². The second kappa shape index (κ2) is 5.52. The third kappa shape index (κ3) is 3.00. The van der Waals surface area contributed by atoms with E-state index < -0.39 is 16.8 Å². The van der Waals surface area contributed by atoms with Crippen molar-refractivity contribution in [2.75, 3.05) is 11.9 Å². The van der Waals surface area contributed by atoms with Gasteiger partial charge in [0.1, 0.15) is 5.82 Å². The zero-order chi connectivity index (χ0) is 14.7. The summed E-state index contributed by atoms with van der Waals surface area (Å²) in [5, 5.41) is 23.1. The topological polar surface area (TPSA) is 105 Å². The first-order chi connectivity index (χ1) is 9.47. The number of benzene rings is 1. The number of rotatable bonds is 5. The summed E-state index contributed by atoms with van der Waals surface area (Å²) in [5.74, 6) is -0.863. The Morgan fingerprint density at radius 1 is 1.45 bits per heavy atom. The minimum Gasteiger partial charge on any atom is -0.481 e. The molecule has 1 atom stereocenters. The first kappa shape index (κ1) is 13.7. The highest BCUT2D eigenvalue weighted by atomic mass is 16.6. The molecule has 104 valence electrons. The van der Waals surface area contributed by atoms with Crippen molar-refractivity contribution >= 4 is 28.4 Å². The zero-order valence-corrected chi connectivity index (χ0v) is 10.7. The second-order valence-corrected chi connectivity index (χ2v) is 4.45. The van der Waals surface area contributed by atoms with Crippen LogP contribution in [-0.2, 0) is 4.79 Å². The van der Waals surface area contributed by atoms with Crippen LogP contribution >= 0.6 is 0 Å². The molecule has 7 heteroatoms. The molecule has 1 aromatic carbocycles. The summed E-state index contributed by atoms with van der Waals surface area (Å²) >= 11 is 0. The number of nitrogens with one attached hydrogen (secondary N) is 1. The van der Waals surface area contributed by atoms with Crippen molar-refractivity contribution in [3.05, 3.63) is 40.4 Å². The van der Waals surface area contributed by atoms with Gasteiger partial charge in [0, 0.05) is 24.1 Å². The van der Waals surface area contributed by atoms with Gasteiger partial charge in [0.2, 0.25) is 0 Å². The predicted octanol–water partition coefficient (Wildman–Crippen LogP) is 2.28. The number of nitrogens with zero attached hydrogens (tertiary/aromatic N) is 2. The van der Waals surface area contributed by atoms with E-state index in [1.165, 1.54) is 12.1 Å². The van der Waals surface area contributed by atoms with Gasteiger partial charge in [-0.2, -0.15) is 0 Å². The van der Waals surface area contributed by atoms with Crippen LogP contribution in [-0.4, -0.2) is 27.5 Å². The standard InChI is InChI=1S/C13H13N3O4/c1-8(13(17)18)7-14-12-5-2-9-6-10(16(19)20)3-4-11(9)15-12/h2-6,8H,7H2,1H3,(H,14,15)(H,17,18). The van der Waals surface area contributed by atoms with E-state index in [-0.39, 0.29) is 12.2 Å². The van der Waals surface area contributed by atoms with Gasteiger partial charge in [0.15, 0.2) is 0 Å². The van der Waals surface area contributed by atoms with Crippen molar-refractivity contribution in [1.29, 1.82) is 0 Å². The third-order valence-electron chi connectivity index (χ3n) is 2.89. The highest BCUT2D eigenvalue weighted by molar-refractivity contribution is 5.82. The molecule has 0 bridgehead atoms. The average molecular weight is 275 g/mol. The average Bonchev–Trinajstić information content (AvgIpc) is 2.43. The highest BCUT2D eigenvalue weighted by Crippen LogP contribution is 2.21. The number of nitro benzene ring substituents is 1. The minimum absolute atomic E-state index is 0.0134. The van der Waals surface area contributed by atoms with Gasteiger partial charge in [-0.05, 0) is 18.2 Å². The molecule has 0 saturated carbocycles. The SMILES string of the molecule is CC(CNc1ccc2cc([N+](=O)[O-])ccc2n1)C(=O)O. The molecule has 0 amide bonds. The molecule has 7 nitrogen and oxygen atoms in total. The first-order valence-corrected chi connectivity index (χ1v) is 5.99. The van der Waals surface area contributed by atoms with Crippen LogP contribution < -0.4 is 5.32 Å². The normalized spacial score (nSPS) is 12.1. The van der Waals surface area contributed by atoms with E-state index >= 15 is 0 Å². The molecule has 1 aromatic heterocycles. The van der Waals surface area contributed by atoms with Crippen molar-refractivity contribution in [1.82, 2.24) is 4.98 Å². The lowest BCUT2D eigenvalue weighted by atomic mass is 10.2. The maximum Gasteiger partial charge on any atom is 0.308 e. The summed E-state index contributed by atoms with van der Waals surface area (Å²) in [6, 6.07) is 7.79. The number of fused-ring (bicyclic) bond motifs is 1. The summed E-state index contributed by atoms with van der Waals surface area (Å²) in [6.07, 6.45) is 0. The zero-order valence-electron chi connectivity index (χ0n) is 10.7. The molecule has 2 rings (SSSR count). The van der Waals surface area contributed by atoms with Crippen molar-refractivity contribution < 1.29 is 14.8 Å². The fourth-order valence-electron chi connectivity index (χ4n) is 1.67. The molecule has 0 radical (unpaired) electrons. The molecule has 0 aliphatic carbocycles. The molecule has 20 heavy (non-hydrogen) atoms. The van der Waals surface area contributed by atoms with Crippen LogP contribution in [0.2, 0.25) is 0 Å². The van der Waals surface area contributed by atoms with Crippen molar-refractivity contribution in [3.8, 4) is 0 Å². The summed E-state index contributed by atoms with van der Waals surface area (Å²) < 4.78 is 0. The molecular weight excluding hydrogens is 262 g/mol. The van der Waals surface area contributed by atoms with E-state index in [2.05, 4.69) is 10.3 Å². The molecule has 0 fully saturated rings. The number of anilines is 1. The van der Waals surface area contributed by atoms with E-state index in [0.717, 1.165) is 0 Å². The van der Waals surface area contributed by atoms with Gasteiger partial charge < -0.3 is 10.4 Å². The van der Waals surface area contributed by atoms with Gasteiger partial charge in [-0.25, -0.2) is 4.98 Å². The lowest BCUT2D eigenvalue weighted by Crippen LogP contribution is -2.19. The van der Waals surface area contributed by atoms with E-state index in [0.29, 0.717) is 16.7 Å². The number of aliphatic carboxylic acids is 1. The van der Waals surface area contributed by atoms with E-state index in [9.17, 15) is 14.9 Å². The minimum atomic E-state index is -0.881. The van der Waals surface area contributed by atoms with Crippen LogP contribution in [0.1, 0.15) is 6.92 Å². The Bertz CT molecular complexity index is 672. The van der Waals surface area contributed by atoms with Crippen LogP contribution in [0.5, 0.6) is 0 Å². The Morgan fingerprint density at radius 3 is 2.85 bits per heavy atom. The lowest BCUT2D eigenvalue weighted by Gasteiger charge is -2.09. The van der Waals surface area contributed by atoms with Crippen LogP contribution in [0.4, 0.5) is 11.5 Å². The third-order valence-corrected chi connectivity index (χ3v) is 2.89. The summed E-state index contributed by atoms with van der Waals surface area (Å²) in [4.78, 5) is 25.2. The molecule has 2 aromatic rings. The molecular formula is C13H13N3O4. The van der Waals surface area contributed by atoms with Crippen LogP contribution in [0, 0.1) is 16.0 Å². The largest absolute Gasteiger partial charge is 0.481 e. The molecule has 0 spiro atoms. The molecule has 0 saturated heterocycles. The highest BCUT2D eigenvalue weighted by Gasteiger charge is 2.11. The number of hydrogen-bond donors (Lipinski definition) is 2. The predicted molar refractivity (Wildman–Crippen MR) is 73.7 cm³/mol. The maximum absolute atomic E-state index is 10.7. The number of nitro groups is 1. The summed E-state index contributed by atoms with van der Waals surface area (Å²) in [5.41, 5.74) is 0.628. The van der Waals surface area contributed by atoms with Crippen LogP contribution in [0.15, 0.2) is 30.3 Å². The van der Waals surface area contributed by atoms with E-state index in [1.54, 1.807) is 25.1 Å². The lowest BCUT2D eigenvalue weighted by molar-refractivity contribution is -0.384. The maximum atomic E-state index is 10.7. The molecule has 2 N–H and O–H groups in total. The van der Waals surface area contributed by atoms with Crippen molar-refractivity contribution in [2.45, 2.75) is 6.92 Å². The monoisotopic (exact) mass is 275 g/mol. The van der Waals surface area contributed by atoms with Gasteiger partial charge >= 0.3 is 5.97 Å². The molecule has 0 aliphatic heterocycles. The fourth-order valence-corrected chi connectivity index (χ4v) is 1.67. The Morgan fingerprint density at radius 2 is 2.20 bits per heavy atom. The number of pyridine rings is 1. The summed E-state index contributed by atoms with van der Waals surface area (Å²) in [6.45, 7) is 1.86.